The Balaban J connectivity index is 2.01. The van der Waals surface area contributed by atoms with Crippen LogP contribution in [0, 0.1) is 0 Å². The maximum absolute atomic E-state index is 12.0. The predicted molar refractivity (Wildman–Crippen MR) is 78.4 cm³/mol. The molecule has 1 N–H and O–H groups in total. The van der Waals surface area contributed by atoms with E-state index in [9.17, 15) is 9.59 Å². The van der Waals surface area contributed by atoms with E-state index in [1.165, 1.54) is 18.2 Å². The second kappa shape index (κ2) is 6.70. The molecule has 0 bridgehead atoms. The summed E-state index contributed by atoms with van der Waals surface area (Å²) < 4.78 is 5.34. The Kier molecular flexibility index (Phi) is 4.72. The molecule has 0 aliphatic carbocycles. The number of aromatic carboxylic acids is 1. The van der Waals surface area contributed by atoms with Crippen LogP contribution in [0.4, 0.5) is 0 Å². The third-order valence-corrected chi connectivity index (χ3v) is 3.02. The van der Waals surface area contributed by atoms with Crippen LogP contribution in [0.1, 0.15) is 33.2 Å². The second-order valence-corrected chi connectivity index (χ2v) is 4.79. The third kappa shape index (κ3) is 4.18. The number of benzene rings is 2. The molecule has 2 aromatic carbocycles. The normalized spacial score (nSPS) is 11.7. The molecule has 0 saturated carbocycles. The number of carbonyl (C=O) groups excluding carboxylic acids is 1. The van der Waals surface area contributed by atoms with E-state index < -0.39 is 11.9 Å². The molecule has 0 fully saturated rings. The molecule has 0 amide bonds. The molecule has 0 saturated heterocycles. The average molecular weight is 284 g/mol. The van der Waals surface area contributed by atoms with Gasteiger partial charge in [-0.05, 0) is 30.7 Å². The Hall–Kier alpha value is -2.62. The Morgan fingerprint density at radius 3 is 2.38 bits per heavy atom. The topological polar surface area (TPSA) is 63.6 Å². The lowest BCUT2D eigenvalue weighted by Gasteiger charge is -2.13. The number of ether oxygens (including phenoxy) is 1. The van der Waals surface area contributed by atoms with Crippen LogP contribution in [0.2, 0.25) is 0 Å². The number of hydrogen-bond donors (Lipinski definition) is 1. The minimum absolute atomic E-state index is 0.0696. The highest BCUT2D eigenvalue weighted by Gasteiger charge is 2.14. The Bertz CT molecular complexity index is 634. The molecular formula is C17H16O4. The second-order valence-electron chi connectivity index (χ2n) is 4.79. The first-order valence-electron chi connectivity index (χ1n) is 6.64. The summed E-state index contributed by atoms with van der Waals surface area (Å²) in [5, 5.41) is 8.92. The number of carbonyl (C=O) groups is 2. The van der Waals surface area contributed by atoms with Crippen molar-refractivity contribution in [1.82, 2.24) is 0 Å². The molecule has 2 rings (SSSR count). The number of carboxylic acids is 1. The Morgan fingerprint density at radius 1 is 1.05 bits per heavy atom. The van der Waals surface area contributed by atoms with Gasteiger partial charge < -0.3 is 9.84 Å². The molecule has 0 heterocycles. The van der Waals surface area contributed by atoms with E-state index in [1.807, 2.05) is 37.3 Å². The minimum atomic E-state index is -1.07. The molecule has 21 heavy (non-hydrogen) atoms. The lowest BCUT2D eigenvalue weighted by atomic mass is 10.1. The number of esters is 1. The van der Waals surface area contributed by atoms with Crippen LogP contribution in [0.3, 0.4) is 0 Å². The van der Waals surface area contributed by atoms with Crippen molar-refractivity contribution in [2.24, 2.45) is 0 Å². The maximum Gasteiger partial charge on any atom is 0.338 e. The molecule has 0 aliphatic rings. The first-order chi connectivity index (χ1) is 10.1. The van der Waals surface area contributed by atoms with Crippen LogP contribution < -0.4 is 0 Å². The Labute approximate surface area is 123 Å². The summed E-state index contributed by atoms with van der Waals surface area (Å²) in [5.74, 6) is -1.58. The molecule has 2 aromatic rings. The fourth-order valence-electron chi connectivity index (χ4n) is 2.02. The molecule has 0 radical (unpaired) electrons. The van der Waals surface area contributed by atoms with Crippen LogP contribution in [-0.4, -0.2) is 23.1 Å². The van der Waals surface area contributed by atoms with Crippen molar-refractivity contribution in [1.29, 1.82) is 0 Å². The van der Waals surface area contributed by atoms with Gasteiger partial charge in [-0.1, -0.05) is 36.4 Å². The lowest BCUT2D eigenvalue weighted by molar-refractivity contribution is 0.0343. The van der Waals surface area contributed by atoms with E-state index in [4.69, 9.17) is 9.84 Å². The molecule has 4 heteroatoms. The van der Waals surface area contributed by atoms with E-state index in [-0.39, 0.29) is 17.2 Å². The van der Waals surface area contributed by atoms with E-state index in [0.29, 0.717) is 6.42 Å². The summed E-state index contributed by atoms with van der Waals surface area (Å²) in [4.78, 5) is 22.9. The molecule has 0 aliphatic heterocycles. The molecule has 108 valence electrons. The van der Waals surface area contributed by atoms with Gasteiger partial charge in [0.15, 0.2) is 0 Å². The summed E-state index contributed by atoms with van der Waals surface area (Å²) in [6, 6.07) is 15.6. The fourth-order valence-corrected chi connectivity index (χ4v) is 2.02. The zero-order valence-electron chi connectivity index (χ0n) is 11.7. The summed E-state index contributed by atoms with van der Waals surface area (Å²) in [7, 11) is 0. The first-order valence-corrected chi connectivity index (χ1v) is 6.64. The van der Waals surface area contributed by atoms with Gasteiger partial charge in [0.1, 0.15) is 6.10 Å². The van der Waals surface area contributed by atoms with Gasteiger partial charge in [0.25, 0.3) is 0 Å². The maximum atomic E-state index is 12.0. The van der Waals surface area contributed by atoms with Crippen molar-refractivity contribution in [3.8, 4) is 0 Å². The molecule has 0 spiro atoms. The van der Waals surface area contributed by atoms with Gasteiger partial charge in [-0.25, -0.2) is 9.59 Å². The van der Waals surface area contributed by atoms with Crippen molar-refractivity contribution in [3.05, 3.63) is 71.3 Å². The van der Waals surface area contributed by atoms with Gasteiger partial charge in [-0.3, -0.25) is 0 Å². The van der Waals surface area contributed by atoms with Gasteiger partial charge in [0.2, 0.25) is 0 Å². The fraction of sp³-hybridized carbons (Fsp3) is 0.176. The van der Waals surface area contributed by atoms with Gasteiger partial charge in [-0.2, -0.15) is 0 Å². The highest BCUT2D eigenvalue weighted by Crippen LogP contribution is 2.11. The van der Waals surface area contributed by atoms with Crippen molar-refractivity contribution in [3.63, 3.8) is 0 Å². The highest BCUT2D eigenvalue weighted by atomic mass is 16.5. The van der Waals surface area contributed by atoms with Gasteiger partial charge in [-0.15, -0.1) is 0 Å². The summed E-state index contributed by atoms with van der Waals surface area (Å²) in [5.41, 5.74) is 1.40. The first kappa shape index (κ1) is 14.8. The summed E-state index contributed by atoms with van der Waals surface area (Å²) in [6.07, 6.45) is 0.332. The molecular weight excluding hydrogens is 268 g/mol. The number of hydrogen-bond acceptors (Lipinski definition) is 3. The predicted octanol–water partition coefficient (Wildman–Crippen LogP) is 3.17. The van der Waals surface area contributed by atoms with Crippen LogP contribution in [-0.2, 0) is 11.2 Å². The SMILES string of the molecule is CC(Cc1ccccc1)OC(=O)c1cccc(C(=O)O)c1. The zero-order chi connectivity index (χ0) is 15.2. The van der Waals surface area contributed by atoms with Crippen molar-refractivity contribution >= 4 is 11.9 Å². The monoisotopic (exact) mass is 284 g/mol. The minimum Gasteiger partial charge on any atom is -0.478 e. The van der Waals surface area contributed by atoms with E-state index in [1.54, 1.807) is 6.07 Å². The molecule has 4 nitrogen and oxygen atoms in total. The van der Waals surface area contributed by atoms with E-state index >= 15 is 0 Å². The van der Waals surface area contributed by atoms with E-state index in [0.717, 1.165) is 5.56 Å². The van der Waals surface area contributed by atoms with Gasteiger partial charge in [0, 0.05) is 6.42 Å². The Morgan fingerprint density at radius 2 is 1.71 bits per heavy atom. The summed E-state index contributed by atoms with van der Waals surface area (Å²) in [6.45, 7) is 1.81. The smallest absolute Gasteiger partial charge is 0.338 e. The zero-order valence-corrected chi connectivity index (χ0v) is 11.7. The largest absolute Gasteiger partial charge is 0.478 e. The summed E-state index contributed by atoms with van der Waals surface area (Å²) >= 11 is 0. The molecule has 1 atom stereocenters. The number of rotatable bonds is 5. The standard InChI is InChI=1S/C17H16O4/c1-12(10-13-6-3-2-4-7-13)21-17(20)15-9-5-8-14(11-15)16(18)19/h2-9,11-12H,10H2,1H3,(H,18,19). The van der Waals surface area contributed by atoms with Crippen molar-refractivity contribution < 1.29 is 19.4 Å². The molecule has 0 aromatic heterocycles. The highest BCUT2D eigenvalue weighted by molar-refractivity contribution is 5.94. The third-order valence-electron chi connectivity index (χ3n) is 3.02. The van der Waals surface area contributed by atoms with Crippen LogP contribution >= 0.6 is 0 Å². The molecule has 1 unspecified atom stereocenters. The van der Waals surface area contributed by atoms with Crippen LogP contribution in [0.25, 0.3) is 0 Å². The van der Waals surface area contributed by atoms with E-state index in [2.05, 4.69) is 0 Å². The van der Waals surface area contributed by atoms with Crippen LogP contribution in [0.5, 0.6) is 0 Å². The average Bonchev–Trinajstić information content (AvgIpc) is 2.48. The lowest BCUT2D eigenvalue weighted by Crippen LogP contribution is -2.17. The van der Waals surface area contributed by atoms with Gasteiger partial charge in [0.05, 0.1) is 11.1 Å². The van der Waals surface area contributed by atoms with Crippen molar-refractivity contribution in [2.45, 2.75) is 19.4 Å². The van der Waals surface area contributed by atoms with Gasteiger partial charge >= 0.3 is 11.9 Å². The quantitative estimate of drug-likeness (QED) is 0.856. The van der Waals surface area contributed by atoms with Crippen molar-refractivity contribution in [2.75, 3.05) is 0 Å². The number of carboxylic acid groups (broad SMARTS) is 1. The van der Waals surface area contributed by atoms with Crippen LogP contribution in [0.15, 0.2) is 54.6 Å².